The number of piperidine rings is 1. The number of hydrogen-bond acceptors (Lipinski definition) is 8. The molecule has 222 valence electrons. The summed E-state index contributed by atoms with van der Waals surface area (Å²) in [5, 5.41) is 14.3. The predicted molar refractivity (Wildman–Crippen MR) is 157 cm³/mol. The van der Waals surface area contributed by atoms with E-state index in [-0.39, 0.29) is 18.1 Å². The largest absolute Gasteiger partial charge is 0.490 e. The second-order valence-corrected chi connectivity index (χ2v) is 11.0. The van der Waals surface area contributed by atoms with E-state index in [1.54, 1.807) is 7.11 Å². The fourth-order valence-corrected chi connectivity index (χ4v) is 5.48. The molecule has 8 nitrogen and oxygen atoms in total. The molecule has 2 aliphatic heterocycles. The highest BCUT2D eigenvalue weighted by atomic mass is 16.5. The second-order valence-electron chi connectivity index (χ2n) is 11.0. The fraction of sp³-hybridized carbons (Fsp3) is 0.625. The van der Waals surface area contributed by atoms with Crippen LogP contribution in [0.25, 0.3) is 0 Å². The minimum Gasteiger partial charge on any atom is -0.490 e. The third-order valence-electron chi connectivity index (χ3n) is 7.98. The zero-order chi connectivity index (χ0) is 28.3. The number of methoxy groups -OCH3 is 1. The van der Waals surface area contributed by atoms with Crippen molar-refractivity contribution in [2.24, 2.45) is 5.92 Å². The molecule has 0 aromatic heterocycles. The molecule has 0 bridgehead atoms. The number of aliphatic hydroxyl groups excluding tert-OH is 1. The number of anilines is 1. The number of aliphatic hydroxyl groups is 1. The summed E-state index contributed by atoms with van der Waals surface area (Å²) in [4.78, 5) is 2.36. The number of nitrogens with one attached hydrogen (secondary N) is 1. The summed E-state index contributed by atoms with van der Waals surface area (Å²) < 4.78 is 29.2. The zero-order valence-corrected chi connectivity index (χ0v) is 24.6. The van der Waals surface area contributed by atoms with Crippen LogP contribution in [0.15, 0.2) is 42.5 Å². The van der Waals surface area contributed by atoms with Gasteiger partial charge in [-0.3, -0.25) is 0 Å². The van der Waals surface area contributed by atoms with Gasteiger partial charge in [-0.25, -0.2) is 0 Å². The van der Waals surface area contributed by atoms with Crippen molar-refractivity contribution in [3.8, 4) is 5.75 Å². The number of fused-ring (bicyclic) bond motifs is 1. The molecule has 8 heteroatoms. The lowest BCUT2D eigenvalue weighted by Crippen LogP contribution is -2.49. The number of ether oxygens (including phenoxy) is 5. The van der Waals surface area contributed by atoms with Gasteiger partial charge in [0.1, 0.15) is 12.4 Å². The van der Waals surface area contributed by atoms with Gasteiger partial charge in [-0.15, -0.1) is 0 Å². The highest BCUT2D eigenvalue weighted by Crippen LogP contribution is 2.34. The Hall–Kier alpha value is -2.20. The summed E-state index contributed by atoms with van der Waals surface area (Å²) in [5.74, 6) is 1.15. The van der Waals surface area contributed by atoms with Gasteiger partial charge < -0.3 is 39.0 Å². The molecule has 0 spiro atoms. The lowest BCUT2D eigenvalue weighted by Gasteiger charge is -2.36. The van der Waals surface area contributed by atoms with E-state index in [2.05, 4.69) is 60.5 Å². The Labute approximate surface area is 239 Å². The Balaban J connectivity index is 1.35. The summed E-state index contributed by atoms with van der Waals surface area (Å²) >= 11 is 0. The normalized spacial score (nSPS) is 22.4. The lowest BCUT2D eigenvalue weighted by atomic mass is 9.85. The molecule has 1 fully saturated rings. The molecule has 2 aromatic carbocycles. The van der Waals surface area contributed by atoms with Crippen LogP contribution in [0.5, 0.6) is 5.75 Å². The van der Waals surface area contributed by atoms with E-state index in [9.17, 15) is 5.11 Å². The molecule has 0 amide bonds. The van der Waals surface area contributed by atoms with Crippen molar-refractivity contribution in [1.82, 2.24) is 5.32 Å². The lowest BCUT2D eigenvalue weighted by molar-refractivity contribution is -0.0328. The molecule has 2 heterocycles. The quantitative estimate of drug-likeness (QED) is 0.317. The minimum atomic E-state index is -0.519. The van der Waals surface area contributed by atoms with E-state index in [4.69, 9.17) is 23.7 Å². The first kappa shape index (κ1) is 30.8. The maximum absolute atomic E-state index is 10.9. The van der Waals surface area contributed by atoms with Crippen molar-refractivity contribution in [2.45, 2.75) is 64.6 Å². The third-order valence-corrected chi connectivity index (χ3v) is 7.98. The standard InChI is InChI=1S/C32H48N2O6/c1-5-38-24(3)23(2)20-37-21-25-7-10-27(11-8-25)32-29(35)18-33-19-31(32)40-22-26-9-12-30-28(17-26)34(14-16-39-30)13-6-15-36-4/h7-12,17,23-24,29,31-33,35H,5-6,13-16,18-22H2,1-4H3/t23-,24+,29-,31+,32+/m1/s1. The summed E-state index contributed by atoms with van der Waals surface area (Å²) in [5.41, 5.74) is 4.41. The Bertz CT molecular complexity index is 1020. The Morgan fingerprint density at radius 3 is 2.65 bits per heavy atom. The molecular weight excluding hydrogens is 508 g/mol. The van der Waals surface area contributed by atoms with Crippen molar-refractivity contribution in [1.29, 1.82) is 0 Å². The van der Waals surface area contributed by atoms with Crippen LogP contribution in [0.4, 0.5) is 5.69 Å². The van der Waals surface area contributed by atoms with Crippen LogP contribution >= 0.6 is 0 Å². The Morgan fingerprint density at radius 2 is 1.88 bits per heavy atom. The minimum absolute atomic E-state index is 0.102. The summed E-state index contributed by atoms with van der Waals surface area (Å²) in [6.45, 7) is 13.2. The molecule has 2 aliphatic rings. The molecule has 40 heavy (non-hydrogen) atoms. The molecule has 5 atom stereocenters. The molecule has 0 aliphatic carbocycles. The highest BCUT2D eigenvalue weighted by molar-refractivity contribution is 5.61. The maximum atomic E-state index is 10.9. The highest BCUT2D eigenvalue weighted by Gasteiger charge is 2.34. The van der Waals surface area contributed by atoms with Gasteiger partial charge in [0.05, 0.1) is 50.4 Å². The van der Waals surface area contributed by atoms with E-state index >= 15 is 0 Å². The van der Waals surface area contributed by atoms with Crippen molar-refractivity contribution in [2.75, 3.05) is 64.6 Å². The van der Waals surface area contributed by atoms with E-state index in [0.29, 0.717) is 45.4 Å². The fourth-order valence-electron chi connectivity index (χ4n) is 5.48. The zero-order valence-electron chi connectivity index (χ0n) is 24.6. The Morgan fingerprint density at radius 1 is 1.07 bits per heavy atom. The van der Waals surface area contributed by atoms with Crippen LogP contribution in [-0.2, 0) is 32.2 Å². The van der Waals surface area contributed by atoms with Crippen LogP contribution in [0.2, 0.25) is 0 Å². The van der Waals surface area contributed by atoms with Gasteiger partial charge in [-0.2, -0.15) is 0 Å². The van der Waals surface area contributed by atoms with E-state index in [1.165, 1.54) is 0 Å². The van der Waals surface area contributed by atoms with Crippen molar-refractivity contribution >= 4 is 5.69 Å². The molecule has 2 aromatic rings. The average molecular weight is 557 g/mol. The first-order valence-electron chi connectivity index (χ1n) is 14.8. The second kappa shape index (κ2) is 15.7. The van der Waals surface area contributed by atoms with E-state index in [1.807, 2.05) is 13.0 Å². The van der Waals surface area contributed by atoms with Crippen LogP contribution < -0.4 is 15.0 Å². The first-order chi connectivity index (χ1) is 19.5. The maximum Gasteiger partial charge on any atom is 0.142 e. The van der Waals surface area contributed by atoms with Crippen LogP contribution in [0, 0.1) is 5.92 Å². The molecule has 2 N–H and O–H groups in total. The van der Waals surface area contributed by atoms with Crippen LogP contribution in [0.1, 0.15) is 49.8 Å². The smallest absolute Gasteiger partial charge is 0.142 e. The van der Waals surface area contributed by atoms with Gasteiger partial charge in [-0.05, 0) is 49.1 Å². The van der Waals surface area contributed by atoms with Gasteiger partial charge in [0.2, 0.25) is 0 Å². The molecule has 1 saturated heterocycles. The number of benzene rings is 2. The summed E-state index contributed by atoms with van der Waals surface area (Å²) in [6.07, 6.45) is 0.494. The number of rotatable bonds is 15. The van der Waals surface area contributed by atoms with Crippen molar-refractivity contribution < 1.29 is 28.8 Å². The Kier molecular flexibility index (Phi) is 12.1. The third kappa shape index (κ3) is 8.41. The first-order valence-corrected chi connectivity index (χ1v) is 14.8. The van der Waals surface area contributed by atoms with Gasteiger partial charge in [0.15, 0.2) is 0 Å². The summed E-state index contributed by atoms with van der Waals surface area (Å²) in [7, 11) is 1.74. The van der Waals surface area contributed by atoms with E-state index in [0.717, 1.165) is 60.9 Å². The number of nitrogens with zero attached hydrogens (tertiary/aromatic N) is 1. The van der Waals surface area contributed by atoms with Crippen LogP contribution in [-0.4, -0.2) is 83.1 Å². The number of hydrogen-bond donors (Lipinski definition) is 2. The molecule has 4 rings (SSSR count). The topological polar surface area (TPSA) is 81.7 Å². The van der Waals surface area contributed by atoms with Gasteiger partial charge >= 0.3 is 0 Å². The summed E-state index contributed by atoms with van der Waals surface area (Å²) in [6, 6.07) is 14.7. The predicted octanol–water partition coefficient (Wildman–Crippen LogP) is 4.13. The number of β-amino-alcohol motifs (C(OH)–C–C–N with tert-alkyl or cyclic N) is 1. The van der Waals surface area contributed by atoms with Crippen molar-refractivity contribution in [3.63, 3.8) is 0 Å². The molecular formula is C32H48N2O6. The van der Waals surface area contributed by atoms with Crippen molar-refractivity contribution in [3.05, 3.63) is 59.2 Å². The van der Waals surface area contributed by atoms with Gasteiger partial charge in [0.25, 0.3) is 0 Å². The van der Waals surface area contributed by atoms with Gasteiger partial charge in [-0.1, -0.05) is 37.3 Å². The molecule has 0 unspecified atom stereocenters. The van der Waals surface area contributed by atoms with E-state index < -0.39 is 6.10 Å². The van der Waals surface area contributed by atoms with Crippen LogP contribution in [0.3, 0.4) is 0 Å². The SMILES string of the molecule is CCO[C@@H](C)[C@H](C)COCc1ccc([C@H]2[C@H](O)CNC[C@@H]2OCc2ccc3c(c2)N(CCCOC)CCO3)cc1. The molecule has 0 saturated carbocycles. The average Bonchev–Trinajstić information content (AvgIpc) is 2.97. The van der Waals surface area contributed by atoms with Gasteiger partial charge in [0, 0.05) is 51.8 Å². The monoisotopic (exact) mass is 556 g/mol. The molecule has 0 radical (unpaired) electrons.